The maximum absolute atomic E-state index is 12.3. The molecule has 33 heavy (non-hydrogen) atoms. The highest BCUT2D eigenvalue weighted by molar-refractivity contribution is 5.96. The maximum atomic E-state index is 12.3. The third kappa shape index (κ3) is 5.78. The third-order valence-electron chi connectivity index (χ3n) is 4.69. The highest BCUT2D eigenvalue weighted by atomic mass is 16.4. The molecule has 3 rings (SSSR count). The summed E-state index contributed by atoms with van der Waals surface area (Å²) in [6, 6.07) is 4.89. The van der Waals surface area contributed by atoms with E-state index in [1.807, 2.05) is 0 Å². The Balaban J connectivity index is 1.66. The fourth-order valence-electron chi connectivity index (χ4n) is 2.95. The van der Waals surface area contributed by atoms with Gasteiger partial charge in [-0.3, -0.25) is 19.4 Å². The first-order chi connectivity index (χ1) is 15.6. The number of H-pyrrole nitrogens is 1. The number of rotatable bonds is 9. The molecule has 2 heterocycles. The standard InChI is InChI=1S/C20H21N7O6/c1-9-13(24-15-16(23-9)26-20(21)27-18(15)31)8-22-11-4-2-10(3-5-11)17(30)25-12(19(32)33)6-7-14(28)29/h2-5,12,22H,6-8H2,1H3,(H,25,30)(H,28,29)(H,32,33)(H3,21,23,26,27,31)/t12-/m0/s1. The molecule has 0 saturated heterocycles. The third-order valence-corrected chi connectivity index (χ3v) is 4.69. The van der Waals surface area contributed by atoms with Crippen LogP contribution in [0.5, 0.6) is 0 Å². The van der Waals surface area contributed by atoms with E-state index in [1.165, 1.54) is 12.1 Å². The Morgan fingerprint density at radius 1 is 1.12 bits per heavy atom. The molecule has 7 N–H and O–H groups in total. The van der Waals surface area contributed by atoms with Gasteiger partial charge in [-0.25, -0.2) is 14.8 Å². The van der Waals surface area contributed by atoms with Crippen molar-refractivity contribution in [3.8, 4) is 0 Å². The second kappa shape index (κ2) is 9.72. The maximum Gasteiger partial charge on any atom is 0.326 e. The number of amides is 1. The van der Waals surface area contributed by atoms with E-state index in [0.29, 0.717) is 17.1 Å². The number of nitrogens with zero attached hydrogens (tertiary/aromatic N) is 3. The van der Waals surface area contributed by atoms with Gasteiger partial charge in [0.1, 0.15) is 6.04 Å². The highest BCUT2D eigenvalue weighted by Crippen LogP contribution is 2.14. The summed E-state index contributed by atoms with van der Waals surface area (Å²) >= 11 is 0. The average Bonchev–Trinajstić information content (AvgIpc) is 2.75. The van der Waals surface area contributed by atoms with Crippen molar-refractivity contribution >= 4 is 40.6 Å². The lowest BCUT2D eigenvalue weighted by Gasteiger charge is -2.14. The number of nitrogen functional groups attached to an aromatic ring is 1. The molecule has 0 fully saturated rings. The molecule has 3 aromatic rings. The lowest BCUT2D eigenvalue weighted by molar-refractivity contribution is -0.140. The van der Waals surface area contributed by atoms with Gasteiger partial charge in [-0.2, -0.15) is 4.98 Å². The number of carboxylic acids is 2. The van der Waals surface area contributed by atoms with Crippen LogP contribution in [-0.2, 0) is 16.1 Å². The molecular weight excluding hydrogens is 434 g/mol. The molecule has 0 radical (unpaired) electrons. The molecule has 0 aliphatic heterocycles. The summed E-state index contributed by atoms with van der Waals surface area (Å²) in [7, 11) is 0. The molecule has 1 amide bonds. The molecule has 0 bridgehead atoms. The summed E-state index contributed by atoms with van der Waals surface area (Å²) in [5.41, 5.74) is 7.16. The average molecular weight is 455 g/mol. The van der Waals surface area contributed by atoms with Crippen molar-refractivity contribution < 1.29 is 24.6 Å². The lowest BCUT2D eigenvalue weighted by atomic mass is 10.1. The normalized spacial score (nSPS) is 11.7. The van der Waals surface area contributed by atoms with Crippen LogP contribution in [0.4, 0.5) is 11.6 Å². The molecular formula is C20H21N7O6. The number of anilines is 2. The number of aryl methyl sites for hydroxylation is 1. The largest absolute Gasteiger partial charge is 0.481 e. The zero-order valence-corrected chi connectivity index (χ0v) is 17.5. The fraction of sp³-hybridized carbons (Fsp3) is 0.250. The van der Waals surface area contributed by atoms with Crippen LogP contribution >= 0.6 is 0 Å². The van der Waals surface area contributed by atoms with Crippen molar-refractivity contribution in [1.29, 1.82) is 0 Å². The van der Waals surface area contributed by atoms with Crippen molar-refractivity contribution in [2.45, 2.75) is 32.4 Å². The van der Waals surface area contributed by atoms with Crippen LogP contribution in [0.1, 0.15) is 34.6 Å². The van der Waals surface area contributed by atoms with Gasteiger partial charge in [0.15, 0.2) is 11.2 Å². The molecule has 172 valence electrons. The number of aliphatic carboxylic acids is 2. The van der Waals surface area contributed by atoms with Gasteiger partial charge in [0, 0.05) is 17.7 Å². The second-order valence-electron chi connectivity index (χ2n) is 7.11. The van der Waals surface area contributed by atoms with E-state index in [9.17, 15) is 19.2 Å². The minimum absolute atomic E-state index is 0.0484. The number of benzene rings is 1. The van der Waals surface area contributed by atoms with Gasteiger partial charge in [-0.05, 0) is 37.6 Å². The van der Waals surface area contributed by atoms with E-state index in [2.05, 4.69) is 30.6 Å². The molecule has 2 aromatic heterocycles. The van der Waals surface area contributed by atoms with E-state index in [4.69, 9.17) is 15.9 Å². The SMILES string of the molecule is Cc1nc2nc(N)[nH]c(=O)c2nc1CNc1ccc(C(=O)N[C@@H](CCC(=O)O)C(=O)O)cc1. The second-order valence-corrected chi connectivity index (χ2v) is 7.11. The Kier molecular flexibility index (Phi) is 6.81. The smallest absolute Gasteiger partial charge is 0.326 e. The number of carbonyl (C=O) groups is 3. The van der Waals surface area contributed by atoms with Gasteiger partial charge in [-0.1, -0.05) is 0 Å². The summed E-state index contributed by atoms with van der Waals surface area (Å²) < 4.78 is 0. The van der Waals surface area contributed by atoms with Crippen molar-refractivity contribution in [1.82, 2.24) is 25.3 Å². The number of carbonyl (C=O) groups excluding carboxylic acids is 1. The number of hydrogen-bond acceptors (Lipinski definition) is 9. The Bertz CT molecular complexity index is 1270. The van der Waals surface area contributed by atoms with E-state index in [-0.39, 0.29) is 42.1 Å². The Hall–Kier alpha value is -4.55. The highest BCUT2D eigenvalue weighted by Gasteiger charge is 2.21. The monoisotopic (exact) mass is 455 g/mol. The van der Waals surface area contributed by atoms with Crippen molar-refractivity contribution in [2.75, 3.05) is 11.1 Å². The summed E-state index contributed by atoms with van der Waals surface area (Å²) in [5.74, 6) is -3.15. The number of carboxylic acid groups (broad SMARTS) is 2. The van der Waals surface area contributed by atoms with Crippen LogP contribution in [-0.4, -0.2) is 54.0 Å². The quantitative estimate of drug-likeness (QED) is 0.257. The minimum Gasteiger partial charge on any atom is -0.481 e. The molecule has 0 aliphatic carbocycles. The number of nitrogens with one attached hydrogen (secondary N) is 3. The van der Waals surface area contributed by atoms with E-state index in [0.717, 1.165) is 0 Å². The van der Waals surface area contributed by atoms with E-state index < -0.39 is 29.4 Å². The Labute approximate surface area is 186 Å². The van der Waals surface area contributed by atoms with Crippen LogP contribution < -0.4 is 21.9 Å². The van der Waals surface area contributed by atoms with Crippen LogP contribution in [0, 0.1) is 6.92 Å². The fourth-order valence-corrected chi connectivity index (χ4v) is 2.95. The summed E-state index contributed by atoms with van der Waals surface area (Å²) in [6.45, 7) is 1.96. The van der Waals surface area contributed by atoms with Crippen molar-refractivity contribution in [3.63, 3.8) is 0 Å². The summed E-state index contributed by atoms with van der Waals surface area (Å²) in [5, 5.41) is 23.3. The predicted molar refractivity (Wildman–Crippen MR) is 117 cm³/mol. The number of aromatic amines is 1. The zero-order chi connectivity index (χ0) is 24.1. The first-order valence-corrected chi connectivity index (χ1v) is 9.76. The number of aromatic nitrogens is 4. The minimum atomic E-state index is -1.31. The van der Waals surface area contributed by atoms with Crippen molar-refractivity contribution in [2.24, 2.45) is 0 Å². The molecule has 0 spiro atoms. The first kappa shape index (κ1) is 23.1. The van der Waals surface area contributed by atoms with Crippen LogP contribution in [0.2, 0.25) is 0 Å². The Morgan fingerprint density at radius 3 is 2.45 bits per heavy atom. The Morgan fingerprint density at radius 2 is 1.82 bits per heavy atom. The van der Waals surface area contributed by atoms with Gasteiger partial charge in [-0.15, -0.1) is 0 Å². The number of fused-ring (bicyclic) bond motifs is 1. The van der Waals surface area contributed by atoms with Gasteiger partial charge >= 0.3 is 11.9 Å². The summed E-state index contributed by atoms with van der Waals surface area (Å²) in [4.78, 5) is 61.1. The molecule has 1 aromatic carbocycles. The van der Waals surface area contributed by atoms with Gasteiger partial charge in [0.05, 0.1) is 17.9 Å². The molecule has 0 unspecified atom stereocenters. The summed E-state index contributed by atoms with van der Waals surface area (Å²) in [6.07, 6.45) is -0.611. The molecule has 0 aliphatic rings. The van der Waals surface area contributed by atoms with Gasteiger partial charge < -0.3 is 26.6 Å². The van der Waals surface area contributed by atoms with E-state index >= 15 is 0 Å². The predicted octanol–water partition coefficient (Wildman–Crippen LogP) is 0.264. The van der Waals surface area contributed by atoms with Crippen LogP contribution in [0.25, 0.3) is 11.2 Å². The van der Waals surface area contributed by atoms with Crippen LogP contribution in [0.3, 0.4) is 0 Å². The molecule has 0 saturated carbocycles. The van der Waals surface area contributed by atoms with E-state index in [1.54, 1.807) is 19.1 Å². The van der Waals surface area contributed by atoms with Crippen LogP contribution in [0.15, 0.2) is 29.1 Å². The lowest BCUT2D eigenvalue weighted by Crippen LogP contribution is -2.41. The molecule has 1 atom stereocenters. The van der Waals surface area contributed by atoms with Gasteiger partial charge in [0.2, 0.25) is 5.95 Å². The number of hydrogen-bond donors (Lipinski definition) is 6. The topological polar surface area (TPSA) is 213 Å². The molecule has 13 heteroatoms. The van der Waals surface area contributed by atoms with Crippen molar-refractivity contribution in [3.05, 3.63) is 51.6 Å². The zero-order valence-electron chi connectivity index (χ0n) is 17.5. The van der Waals surface area contributed by atoms with Gasteiger partial charge in [0.25, 0.3) is 11.5 Å². The number of nitrogens with two attached hydrogens (primary N) is 1. The first-order valence-electron chi connectivity index (χ1n) is 9.76. The molecule has 13 nitrogen and oxygen atoms in total.